The van der Waals surface area contributed by atoms with Gasteiger partial charge in [-0.3, -0.25) is 0 Å². The summed E-state index contributed by atoms with van der Waals surface area (Å²) in [6.45, 7) is 5.21. The summed E-state index contributed by atoms with van der Waals surface area (Å²) in [5.74, 6) is 21.7. The van der Waals surface area contributed by atoms with Crippen LogP contribution in [0.5, 0.6) is 0 Å². The lowest BCUT2D eigenvalue weighted by Gasteiger charge is -1.85. The zero-order chi connectivity index (χ0) is 11.4. The molecule has 0 heterocycles. The van der Waals surface area contributed by atoms with Crippen LogP contribution in [0, 0.1) is 47.4 Å². The highest BCUT2D eigenvalue weighted by Gasteiger charge is 1.83. The van der Waals surface area contributed by atoms with Crippen molar-refractivity contribution in [3.63, 3.8) is 0 Å². The van der Waals surface area contributed by atoms with Gasteiger partial charge in [0.15, 0.2) is 0 Å². The van der Waals surface area contributed by atoms with Gasteiger partial charge in [0.1, 0.15) is 0 Å². The van der Waals surface area contributed by atoms with E-state index in [0.29, 0.717) is 0 Å². The molecule has 0 saturated heterocycles. The van der Waals surface area contributed by atoms with Crippen LogP contribution >= 0.6 is 11.8 Å². The van der Waals surface area contributed by atoms with E-state index in [9.17, 15) is 0 Å². The summed E-state index contributed by atoms with van der Waals surface area (Å²) >= 11 is 1.53. The SMILES string of the molecule is C=CC#CC#CC=C(C#CC#CC)SC. The third kappa shape index (κ3) is 8.40. The van der Waals surface area contributed by atoms with E-state index in [1.54, 1.807) is 13.0 Å². The molecule has 0 N–H and O–H groups in total. The molecular formula is C14H10S. The Labute approximate surface area is 96.2 Å². The van der Waals surface area contributed by atoms with Gasteiger partial charge in [-0.1, -0.05) is 24.3 Å². The van der Waals surface area contributed by atoms with Crippen molar-refractivity contribution in [2.24, 2.45) is 0 Å². The normalized spacial score (nSPS) is 7.47. The van der Waals surface area contributed by atoms with Crippen molar-refractivity contribution in [3.8, 4) is 47.4 Å². The first kappa shape index (κ1) is 13.1. The molecule has 0 aromatic carbocycles. The maximum atomic E-state index is 3.46. The largest absolute Gasteiger partial charge is 0.120 e. The molecule has 15 heavy (non-hydrogen) atoms. The Morgan fingerprint density at radius 2 is 1.87 bits per heavy atom. The monoisotopic (exact) mass is 210 g/mol. The molecule has 0 aliphatic carbocycles. The summed E-state index contributed by atoms with van der Waals surface area (Å²) in [5, 5.41) is 0. The van der Waals surface area contributed by atoms with E-state index in [-0.39, 0.29) is 0 Å². The van der Waals surface area contributed by atoms with Gasteiger partial charge in [-0.25, -0.2) is 0 Å². The van der Waals surface area contributed by atoms with Crippen molar-refractivity contribution >= 4 is 11.8 Å². The number of thioether (sulfide) groups is 1. The fraction of sp³-hybridized carbons (Fsp3) is 0.143. The maximum Gasteiger partial charge on any atom is 0.0665 e. The molecule has 0 rings (SSSR count). The summed E-state index contributed by atoms with van der Waals surface area (Å²) in [4.78, 5) is 0.880. The smallest absolute Gasteiger partial charge is 0.0665 e. The van der Waals surface area contributed by atoms with Crippen molar-refractivity contribution in [2.75, 3.05) is 6.26 Å². The van der Waals surface area contributed by atoms with Crippen molar-refractivity contribution in [3.05, 3.63) is 23.6 Å². The maximum absolute atomic E-state index is 3.46. The van der Waals surface area contributed by atoms with Crippen LogP contribution in [0.3, 0.4) is 0 Å². The van der Waals surface area contributed by atoms with E-state index in [1.165, 1.54) is 17.8 Å². The molecular weight excluding hydrogens is 200 g/mol. The Kier molecular flexibility index (Phi) is 8.85. The highest BCUT2D eigenvalue weighted by Crippen LogP contribution is 2.08. The van der Waals surface area contributed by atoms with E-state index < -0.39 is 0 Å². The van der Waals surface area contributed by atoms with Crippen LogP contribution in [-0.4, -0.2) is 6.26 Å². The Balaban J connectivity index is 4.58. The Hall–Kier alpha value is -1.93. The molecule has 0 aliphatic rings. The third-order valence-corrected chi connectivity index (χ3v) is 1.77. The Morgan fingerprint density at radius 3 is 2.47 bits per heavy atom. The van der Waals surface area contributed by atoms with E-state index in [1.807, 2.05) is 6.26 Å². The molecule has 0 spiro atoms. The second-order valence-corrected chi connectivity index (χ2v) is 2.93. The van der Waals surface area contributed by atoms with Gasteiger partial charge in [0.2, 0.25) is 0 Å². The van der Waals surface area contributed by atoms with Crippen molar-refractivity contribution < 1.29 is 0 Å². The minimum absolute atomic E-state index is 0.880. The zero-order valence-electron chi connectivity index (χ0n) is 8.77. The first-order chi connectivity index (χ1) is 7.35. The van der Waals surface area contributed by atoms with Gasteiger partial charge in [0, 0.05) is 6.08 Å². The van der Waals surface area contributed by atoms with Crippen LogP contribution in [-0.2, 0) is 0 Å². The molecule has 0 saturated carbocycles. The second-order valence-electron chi connectivity index (χ2n) is 2.08. The predicted molar refractivity (Wildman–Crippen MR) is 68.6 cm³/mol. The number of hydrogen-bond acceptors (Lipinski definition) is 1. The van der Waals surface area contributed by atoms with Crippen molar-refractivity contribution in [1.82, 2.24) is 0 Å². The lowest BCUT2D eigenvalue weighted by Crippen LogP contribution is -1.67. The number of rotatable bonds is 1. The molecule has 1 heteroatoms. The molecule has 0 fully saturated rings. The first-order valence-corrected chi connectivity index (χ1v) is 5.36. The lowest BCUT2D eigenvalue weighted by atomic mass is 10.4. The first-order valence-electron chi connectivity index (χ1n) is 4.14. The van der Waals surface area contributed by atoms with Crippen LogP contribution in [0.4, 0.5) is 0 Å². The fourth-order valence-electron chi connectivity index (χ4n) is 0.526. The summed E-state index contributed by atoms with van der Waals surface area (Å²) in [6, 6.07) is 0. The summed E-state index contributed by atoms with van der Waals surface area (Å²) < 4.78 is 0. The summed E-state index contributed by atoms with van der Waals surface area (Å²) in [7, 11) is 0. The van der Waals surface area contributed by atoms with Crippen LogP contribution < -0.4 is 0 Å². The minimum atomic E-state index is 0.880. The molecule has 0 amide bonds. The molecule has 0 aliphatic heterocycles. The standard InChI is InChI=1S/C14H10S/c1-4-6-8-9-11-13-14(15-3)12-10-7-5-2/h4,13H,1H2,2-3H3. The van der Waals surface area contributed by atoms with Crippen LogP contribution in [0.1, 0.15) is 6.92 Å². The van der Waals surface area contributed by atoms with Crippen LogP contribution in [0.15, 0.2) is 23.6 Å². The molecule has 0 radical (unpaired) electrons. The average molecular weight is 210 g/mol. The molecule has 0 aromatic rings. The van der Waals surface area contributed by atoms with Crippen LogP contribution in [0.25, 0.3) is 0 Å². The molecule has 0 atom stereocenters. The van der Waals surface area contributed by atoms with Gasteiger partial charge in [-0.15, -0.1) is 11.8 Å². The number of allylic oxidation sites excluding steroid dienone is 3. The van der Waals surface area contributed by atoms with Gasteiger partial charge < -0.3 is 0 Å². The minimum Gasteiger partial charge on any atom is -0.120 e. The molecule has 0 unspecified atom stereocenters. The Morgan fingerprint density at radius 1 is 1.13 bits per heavy atom. The van der Waals surface area contributed by atoms with E-state index in [0.717, 1.165) is 4.91 Å². The average Bonchev–Trinajstić information content (AvgIpc) is 2.26. The summed E-state index contributed by atoms with van der Waals surface area (Å²) in [5.41, 5.74) is 0. The molecule has 0 bridgehead atoms. The van der Waals surface area contributed by atoms with Gasteiger partial charge in [-0.05, 0) is 48.9 Å². The van der Waals surface area contributed by atoms with Gasteiger partial charge in [0.25, 0.3) is 0 Å². The predicted octanol–water partition coefficient (Wildman–Crippen LogP) is 2.45. The van der Waals surface area contributed by atoms with E-state index in [2.05, 4.69) is 53.9 Å². The van der Waals surface area contributed by atoms with Gasteiger partial charge in [-0.2, -0.15) is 0 Å². The zero-order valence-corrected chi connectivity index (χ0v) is 9.59. The van der Waals surface area contributed by atoms with Crippen LogP contribution in [0.2, 0.25) is 0 Å². The molecule has 0 aromatic heterocycles. The van der Waals surface area contributed by atoms with Gasteiger partial charge >= 0.3 is 0 Å². The topological polar surface area (TPSA) is 0 Å². The van der Waals surface area contributed by atoms with E-state index >= 15 is 0 Å². The van der Waals surface area contributed by atoms with E-state index in [4.69, 9.17) is 0 Å². The second kappa shape index (κ2) is 10.2. The molecule has 72 valence electrons. The lowest BCUT2D eigenvalue weighted by molar-refractivity contribution is 1.92. The van der Waals surface area contributed by atoms with Crippen molar-refractivity contribution in [1.29, 1.82) is 0 Å². The quantitative estimate of drug-likeness (QED) is 0.599. The third-order valence-electron chi connectivity index (χ3n) is 1.11. The highest BCUT2D eigenvalue weighted by molar-refractivity contribution is 8.02. The molecule has 0 nitrogen and oxygen atoms in total. The van der Waals surface area contributed by atoms with Gasteiger partial charge in [0.05, 0.1) is 4.91 Å². The summed E-state index contributed by atoms with van der Waals surface area (Å²) in [6.07, 6.45) is 5.17. The highest BCUT2D eigenvalue weighted by atomic mass is 32.2. The fourth-order valence-corrected chi connectivity index (χ4v) is 0.856. The van der Waals surface area contributed by atoms with Crippen molar-refractivity contribution in [2.45, 2.75) is 6.92 Å². The Bertz CT molecular complexity index is 476. The number of hydrogen-bond donors (Lipinski definition) is 0.